The minimum atomic E-state index is -0.844. The lowest BCUT2D eigenvalue weighted by molar-refractivity contribution is -0.139. The van der Waals surface area contributed by atoms with Crippen molar-refractivity contribution in [2.45, 2.75) is 25.9 Å². The van der Waals surface area contributed by atoms with Gasteiger partial charge < -0.3 is 20.1 Å². The second-order valence-electron chi connectivity index (χ2n) is 4.79. The molecule has 0 radical (unpaired) electrons. The van der Waals surface area contributed by atoms with Crippen molar-refractivity contribution in [3.05, 3.63) is 24.3 Å². The van der Waals surface area contributed by atoms with Crippen molar-refractivity contribution in [2.75, 3.05) is 25.6 Å². The maximum absolute atomic E-state index is 11.2. The van der Waals surface area contributed by atoms with E-state index in [4.69, 9.17) is 4.74 Å². The molecule has 0 aromatic heterocycles. The van der Waals surface area contributed by atoms with Crippen LogP contribution < -0.4 is 15.0 Å². The summed E-state index contributed by atoms with van der Waals surface area (Å²) in [5.74, 6) is -0.0866. The van der Waals surface area contributed by atoms with E-state index in [-0.39, 0.29) is 6.04 Å². The van der Waals surface area contributed by atoms with Gasteiger partial charge in [0.2, 0.25) is 0 Å². The minimum absolute atomic E-state index is 0.125. The van der Waals surface area contributed by atoms with Crippen LogP contribution in [0.4, 0.5) is 5.69 Å². The Balaban J connectivity index is 2.75. The first-order valence-electron chi connectivity index (χ1n) is 6.28. The molecular weight excluding hydrogens is 244 g/mol. The summed E-state index contributed by atoms with van der Waals surface area (Å²) in [5.41, 5.74) is 0.927. The smallest absolute Gasteiger partial charge is 0.322 e. The maximum Gasteiger partial charge on any atom is 0.322 e. The third-order valence-electron chi connectivity index (χ3n) is 2.78. The summed E-state index contributed by atoms with van der Waals surface area (Å²) < 4.78 is 5.16. The predicted octanol–water partition coefficient (Wildman–Crippen LogP) is 1.58. The van der Waals surface area contributed by atoms with E-state index in [1.807, 2.05) is 50.1 Å². The van der Waals surface area contributed by atoms with Gasteiger partial charge in [0, 0.05) is 31.4 Å². The van der Waals surface area contributed by atoms with E-state index in [0.717, 1.165) is 11.4 Å². The van der Waals surface area contributed by atoms with Gasteiger partial charge >= 0.3 is 5.97 Å². The summed E-state index contributed by atoms with van der Waals surface area (Å²) >= 11 is 0. The molecule has 0 spiro atoms. The van der Waals surface area contributed by atoms with Gasteiger partial charge in [0.05, 0.1) is 7.11 Å². The van der Waals surface area contributed by atoms with Crippen molar-refractivity contribution in [1.82, 2.24) is 5.32 Å². The molecule has 0 aliphatic rings. The highest BCUT2D eigenvalue weighted by Crippen LogP contribution is 2.19. The highest BCUT2D eigenvalue weighted by molar-refractivity contribution is 5.74. The summed E-state index contributed by atoms with van der Waals surface area (Å²) in [7, 11) is 3.48. The van der Waals surface area contributed by atoms with E-state index < -0.39 is 12.0 Å². The number of nitrogens with one attached hydrogen (secondary N) is 1. The number of ether oxygens (including phenoxy) is 1. The van der Waals surface area contributed by atoms with Crippen LogP contribution in [0, 0.1) is 0 Å². The van der Waals surface area contributed by atoms with Gasteiger partial charge in [-0.25, -0.2) is 0 Å². The lowest BCUT2D eigenvalue weighted by Gasteiger charge is -2.25. The van der Waals surface area contributed by atoms with E-state index in [9.17, 15) is 9.90 Å². The van der Waals surface area contributed by atoms with Crippen molar-refractivity contribution in [3.8, 4) is 5.75 Å². The molecule has 0 saturated heterocycles. The first-order chi connectivity index (χ1) is 8.93. The van der Waals surface area contributed by atoms with Crippen LogP contribution in [0.5, 0.6) is 5.75 Å². The summed E-state index contributed by atoms with van der Waals surface area (Å²) in [6, 6.07) is 7.08. The fourth-order valence-corrected chi connectivity index (χ4v) is 1.83. The third kappa shape index (κ3) is 4.79. The summed E-state index contributed by atoms with van der Waals surface area (Å²) in [6.07, 6.45) is 0. The summed E-state index contributed by atoms with van der Waals surface area (Å²) in [4.78, 5) is 13.1. The fourth-order valence-electron chi connectivity index (χ4n) is 1.83. The number of hydrogen-bond donors (Lipinski definition) is 2. The van der Waals surface area contributed by atoms with Crippen molar-refractivity contribution in [3.63, 3.8) is 0 Å². The molecule has 1 rings (SSSR count). The van der Waals surface area contributed by atoms with E-state index in [1.54, 1.807) is 7.11 Å². The molecular formula is C14H22N2O3. The van der Waals surface area contributed by atoms with Crippen molar-refractivity contribution in [2.24, 2.45) is 0 Å². The number of nitrogens with zero attached hydrogens (tertiary/aromatic N) is 1. The number of carboxylic acid groups (broad SMARTS) is 1. The van der Waals surface area contributed by atoms with Gasteiger partial charge in [-0.2, -0.15) is 0 Å². The van der Waals surface area contributed by atoms with E-state index in [1.165, 1.54) is 0 Å². The van der Waals surface area contributed by atoms with E-state index >= 15 is 0 Å². The molecule has 0 amide bonds. The second kappa shape index (κ2) is 6.99. The highest BCUT2D eigenvalue weighted by Gasteiger charge is 2.20. The van der Waals surface area contributed by atoms with Crippen LogP contribution in [0.15, 0.2) is 24.3 Å². The van der Waals surface area contributed by atoms with Crippen molar-refractivity contribution < 1.29 is 14.6 Å². The zero-order valence-corrected chi connectivity index (χ0v) is 11.9. The number of hydrogen-bond acceptors (Lipinski definition) is 4. The Labute approximate surface area is 114 Å². The first-order valence-corrected chi connectivity index (χ1v) is 6.28. The lowest BCUT2D eigenvalue weighted by Crippen LogP contribution is -2.47. The lowest BCUT2D eigenvalue weighted by atomic mass is 10.2. The zero-order chi connectivity index (χ0) is 14.4. The number of methoxy groups -OCH3 is 1. The Morgan fingerprint density at radius 3 is 2.68 bits per heavy atom. The molecule has 1 atom stereocenters. The average molecular weight is 266 g/mol. The third-order valence-corrected chi connectivity index (χ3v) is 2.78. The number of aliphatic carboxylic acids is 1. The predicted molar refractivity (Wildman–Crippen MR) is 76.0 cm³/mol. The molecule has 5 nitrogen and oxygen atoms in total. The normalized spacial score (nSPS) is 12.3. The van der Waals surface area contributed by atoms with Gasteiger partial charge in [-0.15, -0.1) is 0 Å². The van der Waals surface area contributed by atoms with Crippen molar-refractivity contribution in [1.29, 1.82) is 0 Å². The number of rotatable bonds is 7. The number of benzene rings is 1. The Bertz CT molecular complexity index is 421. The fraction of sp³-hybridized carbons (Fsp3) is 0.500. The number of anilines is 1. The van der Waals surface area contributed by atoms with Crippen LogP contribution in [-0.4, -0.2) is 43.9 Å². The van der Waals surface area contributed by atoms with E-state index in [2.05, 4.69) is 5.32 Å². The summed E-state index contributed by atoms with van der Waals surface area (Å²) in [6.45, 7) is 4.25. The van der Waals surface area contributed by atoms with Gasteiger partial charge in [-0.3, -0.25) is 4.79 Å². The van der Waals surface area contributed by atoms with Crippen LogP contribution in [0.2, 0.25) is 0 Å². The number of carbonyl (C=O) groups is 1. The molecule has 0 aliphatic carbocycles. The second-order valence-corrected chi connectivity index (χ2v) is 4.79. The molecule has 0 heterocycles. The average Bonchev–Trinajstić information content (AvgIpc) is 2.37. The van der Waals surface area contributed by atoms with Gasteiger partial charge in [0.15, 0.2) is 0 Å². The SMILES string of the molecule is COc1cccc(N(C)CC(NC(C)C)C(=O)O)c1. The van der Waals surface area contributed by atoms with Crippen LogP contribution in [0.25, 0.3) is 0 Å². The zero-order valence-electron chi connectivity index (χ0n) is 11.9. The van der Waals surface area contributed by atoms with Crippen LogP contribution in [-0.2, 0) is 4.79 Å². The summed E-state index contributed by atoms with van der Waals surface area (Å²) in [5, 5.41) is 12.2. The largest absolute Gasteiger partial charge is 0.497 e. The minimum Gasteiger partial charge on any atom is -0.497 e. The Morgan fingerprint density at radius 1 is 1.47 bits per heavy atom. The molecule has 0 fully saturated rings. The highest BCUT2D eigenvalue weighted by atomic mass is 16.5. The van der Waals surface area contributed by atoms with Crippen LogP contribution >= 0.6 is 0 Å². The van der Waals surface area contributed by atoms with Gasteiger partial charge in [0.25, 0.3) is 0 Å². The number of carboxylic acids is 1. The molecule has 2 N–H and O–H groups in total. The first kappa shape index (κ1) is 15.3. The van der Waals surface area contributed by atoms with Gasteiger partial charge in [-0.05, 0) is 12.1 Å². The Morgan fingerprint density at radius 2 is 2.16 bits per heavy atom. The maximum atomic E-state index is 11.2. The Kier molecular flexibility index (Phi) is 5.63. The van der Waals surface area contributed by atoms with E-state index in [0.29, 0.717) is 6.54 Å². The quantitative estimate of drug-likeness (QED) is 0.784. The molecule has 1 unspecified atom stereocenters. The molecule has 5 heteroatoms. The molecule has 0 saturated carbocycles. The van der Waals surface area contributed by atoms with Crippen LogP contribution in [0.1, 0.15) is 13.8 Å². The standard InChI is InChI=1S/C14H22N2O3/c1-10(2)15-13(14(17)18)9-16(3)11-6-5-7-12(8-11)19-4/h5-8,10,13,15H,9H2,1-4H3,(H,17,18). The monoisotopic (exact) mass is 266 g/mol. The molecule has 0 aliphatic heterocycles. The van der Waals surface area contributed by atoms with Crippen LogP contribution in [0.3, 0.4) is 0 Å². The number of likely N-dealkylation sites (N-methyl/N-ethyl adjacent to an activating group) is 1. The molecule has 106 valence electrons. The topological polar surface area (TPSA) is 61.8 Å². The Hall–Kier alpha value is -1.75. The van der Waals surface area contributed by atoms with Gasteiger partial charge in [0.1, 0.15) is 11.8 Å². The molecule has 1 aromatic carbocycles. The molecule has 1 aromatic rings. The van der Waals surface area contributed by atoms with Crippen molar-refractivity contribution >= 4 is 11.7 Å². The molecule has 0 bridgehead atoms. The molecule has 19 heavy (non-hydrogen) atoms. The van der Waals surface area contributed by atoms with Gasteiger partial charge in [-0.1, -0.05) is 19.9 Å².